The smallest absolute Gasteiger partial charge is 0.130 e. The molecule has 2 heterocycles. The molecule has 0 amide bonds. The second-order valence-electron chi connectivity index (χ2n) is 7.25. The summed E-state index contributed by atoms with van der Waals surface area (Å²) >= 11 is 0. The van der Waals surface area contributed by atoms with Crippen molar-refractivity contribution in [2.45, 2.75) is 19.9 Å². The summed E-state index contributed by atoms with van der Waals surface area (Å²) in [5, 5.41) is 9.68. The summed E-state index contributed by atoms with van der Waals surface area (Å²) < 4.78 is 0. The van der Waals surface area contributed by atoms with Crippen LogP contribution in [-0.4, -0.2) is 21.6 Å². The molecule has 0 spiro atoms. The zero-order valence-electron chi connectivity index (χ0n) is 17.1. The number of benzene rings is 2. The van der Waals surface area contributed by atoms with Gasteiger partial charge in [-0.05, 0) is 66.1 Å². The van der Waals surface area contributed by atoms with Crippen molar-refractivity contribution >= 4 is 5.82 Å². The zero-order chi connectivity index (χ0) is 20.8. The predicted molar refractivity (Wildman–Crippen MR) is 122 cm³/mol. The van der Waals surface area contributed by atoms with E-state index in [1.165, 1.54) is 0 Å². The van der Waals surface area contributed by atoms with Crippen LogP contribution in [0.4, 0.5) is 5.82 Å². The maximum Gasteiger partial charge on any atom is 0.130 e. The molecule has 30 heavy (non-hydrogen) atoms. The molecule has 4 rings (SSSR count). The van der Waals surface area contributed by atoms with Crippen LogP contribution < -0.4 is 4.90 Å². The molecule has 4 nitrogen and oxygen atoms in total. The summed E-state index contributed by atoms with van der Waals surface area (Å²) in [6.07, 6.45) is 2.84. The predicted octanol–water partition coefficient (Wildman–Crippen LogP) is 5.93. The first kappa shape index (κ1) is 19.6. The fourth-order valence-corrected chi connectivity index (χ4v) is 3.49. The molecule has 1 N–H and O–H groups in total. The molecular weight excluding hydrogens is 370 g/mol. The monoisotopic (exact) mass is 395 g/mol. The van der Waals surface area contributed by atoms with Crippen molar-refractivity contribution in [2.75, 3.05) is 11.4 Å². The Morgan fingerprint density at radius 2 is 1.57 bits per heavy atom. The van der Waals surface area contributed by atoms with Crippen molar-refractivity contribution in [3.63, 3.8) is 0 Å². The molecular formula is C26H25N3O. The summed E-state index contributed by atoms with van der Waals surface area (Å²) in [5.74, 6) is 1.17. The fraction of sp³-hybridized carbons (Fsp3) is 0.154. The van der Waals surface area contributed by atoms with Crippen LogP contribution in [0.25, 0.3) is 22.4 Å². The number of phenolic OH excluding ortho intramolecular Hbond substituents is 1. The van der Waals surface area contributed by atoms with Gasteiger partial charge in [-0.1, -0.05) is 43.3 Å². The highest BCUT2D eigenvalue weighted by atomic mass is 16.3. The molecule has 0 atom stereocenters. The second-order valence-corrected chi connectivity index (χ2v) is 7.25. The van der Waals surface area contributed by atoms with E-state index in [9.17, 15) is 5.11 Å². The second kappa shape index (κ2) is 9.23. The van der Waals surface area contributed by atoms with Crippen LogP contribution >= 0.6 is 0 Å². The van der Waals surface area contributed by atoms with Crippen LogP contribution in [-0.2, 0) is 6.54 Å². The minimum Gasteiger partial charge on any atom is -0.508 e. The van der Waals surface area contributed by atoms with Crippen LogP contribution in [0, 0.1) is 0 Å². The largest absolute Gasteiger partial charge is 0.508 e. The molecule has 0 aliphatic carbocycles. The standard InChI is InChI=1S/C26H25N3O/c1-2-16-29(19-23-10-6-7-15-27-23)26-18-22(20-8-4-3-5-9-20)17-25(28-26)21-11-13-24(30)14-12-21/h3-15,17-18,30H,2,16,19H2,1H3. The molecule has 0 aliphatic rings. The van der Waals surface area contributed by atoms with Gasteiger partial charge in [-0.2, -0.15) is 0 Å². The molecule has 2 aromatic carbocycles. The summed E-state index contributed by atoms with van der Waals surface area (Å²) in [6.45, 7) is 3.76. The van der Waals surface area contributed by atoms with Gasteiger partial charge in [0.25, 0.3) is 0 Å². The average molecular weight is 396 g/mol. The third-order valence-electron chi connectivity index (χ3n) is 4.98. The minimum atomic E-state index is 0.251. The van der Waals surface area contributed by atoms with Gasteiger partial charge in [0.1, 0.15) is 11.6 Å². The molecule has 0 saturated carbocycles. The Morgan fingerprint density at radius 3 is 2.27 bits per heavy atom. The maximum atomic E-state index is 9.68. The minimum absolute atomic E-state index is 0.251. The fourth-order valence-electron chi connectivity index (χ4n) is 3.49. The lowest BCUT2D eigenvalue weighted by molar-refractivity contribution is 0.475. The van der Waals surface area contributed by atoms with Gasteiger partial charge >= 0.3 is 0 Å². The molecule has 0 unspecified atom stereocenters. The Kier molecular flexibility index (Phi) is 6.04. The lowest BCUT2D eigenvalue weighted by atomic mass is 10.0. The number of pyridine rings is 2. The van der Waals surface area contributed by atoms with Gasteiger partial charge < -0.3 is 10.0 Å². The molecule has 4 heteroatoms. The number of hydrogen-bond acceptors (Lipinski definition) is 4. The number of aromatic nitrogens is 2. The molecule has 0 bridgehead atoms. The van der Waals surface area contributed by atoms with E-state index >= 15 is 0 Å². The van der Waals surface area contributed by atoms with E-state index < -0.39 is 0 Å². The van der Waals surface area contributed by atoms with E-state index in [2.05, 4.69) is 41.1 Å². The number of rotatable bonds is 7. The molecule has 0 saturated heterocycles. The Labute approximate surface area is 177 Å². The number of nitrogens with zero attached hydrogens (tertiary/aromatic N) is 3. The van der Waals surface area contributed by atoms with Crippen molar-refractivity contribution in [2.24, 2.45) is 0 Å². The summed E-state index contributed by atoms with van der Waals surface area (Å²) in [5.41, 5.74) is 5.14. The lowest BCUT2D eigenvalue weighted by Crippen LogP contribution is -2.25. The number of phenols is 1. The van der Waals surface area contributed by atoms with Gasteiger partial charge in [-0.3, -0.25) is 4.98 Å². The van der Waals surface area contributed by atoms with Crippen molar-refractivity contribution in [3.05, 3.63) is 96.8 Å². The Hall–Kier alpha value is -3.66. The molecule has 0 aliphatic heterocycles. The van der Waals surface area contributed by atoms with Crippen LogP contribution in [0.15, 0.2) is 91.1 Å². The van der Waals surface area contributed by atoms with Gasteiger partial charge in [-0.15, -0.1) is 0 Å². The quantitative estimate of drug-likeness (QED) is 0.421. The lowest BCUT2D eigenvalue weighted by Gasteiger charge is -2.24. The first-order valence-electron chi connectivity index (χ1n) is 10.2. The Balaban J connectivity index is 1.80. The molecule has 0 fully saturated rings. The van der Waals surface area contributed by atoms with Gasteiger partial charge in [0, 0.05) is 18.3 Å². The molecule has 150 valence electrons. The van der Waals surface area contributed by atoms with Gasteiger partial charge in [0.15, 0.2) is 0 Å². The summed E-state index contributed by atoms with van der Waals surface area (Å²) in [6, 6.07) is 27.8. The number of hydrogen-bond donors (Lipinski definition) is 1. The van der Waals surface area contributed by atoms with Gasteiger partial charge in [0.05, 0.1) is 17.9 Å². The van der Waals surface area contributed by atoms with Crippen molar-refractivity contribution < 1.29 is 5.11 Å². The van der Waals surface area contributed by atoms with Crippen molar-refractivity contribution in [1.29, 1.82) is 0 Å². The van der Waals surface area contributed by atoms with E-state index in [-0.39, 0.29) is 5.75 Å². The van der Waals surface area contributed by atoms with Crippen LogP contribution in [0.3, 0.4) is 0 Å². The highest BCUT2D eigenvalue weighted by molar-refractivity contribution is 5.74. The Morgan fingerprint density at radius 1 is 0.800 bits per heavy atom. The molecule has 2 aromatic heterocycles. The SMILES string of the molecule is CCCN(Cc1ccccn1)c1cc(-c2ccccc2)cc(-c2ccc(O)cc2)n1. The van der Waals surface area contributed by atoms with E-state index in [0.717, 1.165) is 46.9 Å². The molecule has 4 aromatic rings. The third-order valence-corrected chi connectivity index (χ3v) is 4.98. The third kappa shape index (κ3) is 4.66. The van der Waals surface area contributed by atoms with Crippen LogP contribution in [0.5, 0.6) is 5.75 Å². The average Bonchev–Trinajstić information content (AvgIpc) is 2.80. The number of aromatic hydroxyl groups is 1. The Bertz CT molecular complexity index is 1080. The van der Waals surface area contributed by atoms with Gasteiger partial charge in [-0.25, -0.2) is 4.98 Å². The van der Waals surface area contributed by atoms with Crippen LogP contribution in [0.2, 0.25) is 0 Å². The maximum absolute atomic E-state index is 9.68. The normalized spacial score (nSPS) is 10.7. The highest BCUT2D eigenvalue weighted by Crippen LogP contribution is 2.30. The topological polar surface area (TPSA) is 49.2 Å². The molecule has 0 radical (unpaired) electrons. The van der Waals surface area contributed by atoms with Crippen molar-refractivity contribution in [3.8, 4) is 28.1 Å². The first-order valence-corrected chi connectivity index (χ1v) is 10.2. The van der Waals surface area contributed by atoms with E-state index in [1.807, 2.05) is 54.7 Å². The van der Waals surface area contributed by atoms with Gasteiger partial charge in [0.2, 0.25) is 0 Å². The van der Waals surface area contributed by atoms with E-state index in [1.54, 1.807) is 12.1 Å². The summed E-state index contributed by atoms with van der Waals surface area (Å²) in [4.78, 5) is 11.8. The first-order chi connectivity index (χ1) is 14.7. The summed E-state index contributed by atoms with van der Waals surface area (Å²) in [7, 11) is 0. The number of anilines is 1. The van der Waals surface area contributed by atoms with E-state index in [4.69, 9.17) is 4.98 Å². The zero-order valence-corrected chi connectivity index (χ0v) is 17.1. The van der Waals surface area contributed by atoms with Crippen LogP contribution in [0.1, 0.15) is 19.0 Å². The highest BCUT2D eigenvalue weighted by Gasteiger charge is 2.13. The van der Waals surface area contributed by atoms with E-state index in [0.29, 0.717) is 6.54 Å². The van der Waals surface area contributed by atoms with Crippen molar-refractivity contribution in [1.82, 2.24) is 9.97 Å².